The number of hydrogen-bond acceptors (Lipinski definition) is 5. The van der Waals surface area contributed by atoms with E-state index in [1.54, 1.807) is 12.1 Å². The topological polar surface area (TPSA) is 71.7 Å². The Morgan fingerprint density at radius 2 is 1.67 bits per heavy atom. The smallest absolute Gasteiger partial charge is 0.232 e. The van der Waals surface area contributed by atoms with E-state index in [0.29, 0.717) is 23.8 Å². The zero-order valence-corrected chi connectivity index (χ0v) is 16.8. The molecule has 5 rings (SSSR count). The molecule has 2 aromatic carbocycles. The maximum absolute atomic E-state index is 13.2. The highest BCUT2D eigenvalue weighted by molar-refractivity contribution is 7.12. The van der Waals surface area contributed by atoms with E-state index in [1.165, 1.54) is 17.6 Å². The lowest BCUT2D eigenvalue weighted by Gasteiger charge is -2.27. The standard InChI is InChI=1S/C24H19NO4S/c26-23(20-10-5-13-28-20)21-12-11-15(30-21)14-25-24(27)22-16-6-1-3-8-18(16)29-19-9-4-2-7-17(19)22/h1-13,22-23,26H,14H2,(H,25,27)/t23-/m1/s1. The summed E-state index contributed by atoms with van der Waals surface area (Å²) >= 11 is 1.45. The first kappa shape index (κ1) is 18.7. The minimum atomic E-state index is -0.802. The highest BCUT2D eigenvalue weighted by Crippen LogP contribution is 2.44. The van der Waals surface area contributed by atoms with Crippen LogP contribution in [-0.4, -0.2) is 11.0 Å². The highest BCUT2D eigenvalue weighted by Gasteiger charge is 2.32. The molecule has 6 heteroatoms. The van der Waals surface area contributed by atoms with E-state index in [9.17, 15) is 9.90 Å². The number of carbonyl (C=O) groups excluding carboxylic acids is 1. The number of furan rings is 1. The minimum absolute atomic E-state index is 0.0836. The van der Waals surface area contributed by atoms with Crippen LogP contribution in [0.5, 0.6) is 11.5 Å². The summed E-state index contributed by atoms with van der Waals surface area (Å²) in [6, 6.07) is 22.5. The zero-order chi connectivity index (χ0) is 20.5. The van der Waals surface area contributed by atoms with Gasteiger partial charge in [0.1, 0.15) is 23.4 Å². The molecule has 1 atom stereocenters. The molecule has 3 heterocycles. The molecular formula is C24H19NO4S. The van der Waals surface area contributed by atoms with Gasteiger partial charge in [0.05, 0.1) is 18.7 Å². The first-order valence-corrected chi connectivity index (χ1v) is 10.5. The summed E-state index contributed by atoms with van der Waals surface area (Å²) in [5.74, 6) is 1.40. The van der Waals surface area contributed by atoms with Gasteiger partial charge in [-0.05, 0) is 36.4 Å². The lowest BCUT2D eigenvalue weighted by atomic mass is 9.87. The number of ether oxygens (including phenoxy) is 1. The van der Waals surface area contributed by atoms with Crippen LogP contribution in [0.15, 0.2) is 83.5 Å². The number of carbonyl (C=O) groups is 1. The van der Waals surface area contributed by atoms with Crippen LogP contribution in [0.3, 0.4) is 0 Å². The molecule has 0 aliphatic carbocycles. The fourth-order valence-electron chi connectivity index (χ4n) is 3.69. The molecule has 0 saturated heterocycles. The maximum Gasteiger partial charge on any atom is 0.232 e. The highest BCUT2D eigenvalue weighted by atomic mass is 32.1. The first-order chi connectivity index (χ1) is 14.7. The van der Waals surface area contributed by atoms with Gasteiger partial charge in [0, 0.05) is 20.9 Å². The number of amides is 1. The van der Waals surface area contributed by atoms with E-state index in [4.69, 9.17) is 9.15 Å². The molecule has 0 saturated carbocycles. The predicted octanol–water partition coefficient (Wildman–Crippen LogP) is 4.98. The van der Waals surface area contributed by atoms with Crippen LogP contribution < -0.4 is 10.1 Å². The van der Waals surface area contributed by atoms with Gasteiger partial charge in [0.2, 0.25) is 5.91 Å². The van der Waals surface area contributed by atoms with Crippen molar-refractivity contribution in [3.8, 4) is 11.5 Å². The Balaban J connectivity index is 1.34. The minimum Gasteiger partial charge on any atom is -0.466 e. The van der Waals surface area contributed by atoms with E-state index >= 15 is 0 Å². The largest absolute Gasteiger partial charge is 0.466 e. The lowest BCUT2D eigenvalue weighted by molar-refractivity contribution is -0.122. The Morgan fingerprint density at radius 1 is 0.967 bits per heavy atom. The van der Waals surface area contributed by atoms with Crippen molar-refractivity contribution < 1.29 is 19.1 Å². The number of rotatable bonds is 5. The number of hydrogen-bond donors (Lipinski definition) is 2. The van der Waals surface area contributed by atoms with Crippen molar-refractivity contribution >= 4 is 17.2 Å². The second kappa shape index (κ2) is 7.82. The number of benzene rings is 2. The molecule has 1 aliphatic rings. The zero-order valence-electron chi connectivity index (χ0n) is 15.9. The van der Waals surface area contributed by atoms with Crippen LogP contribution in [0, 0.1) is 0 Å². The molecule has 5 nitrogen and oxygen atoms in total. The van der Waals surface area contributed by atoms with Crippen LogP contribution in [0.2, 0.25) is 0 Å². The summed E-state index contributed by atoms with van der Waals surface area (Å²) in [5, 5.41) is 13.5. The van der Waals surface area contributed by atoms with Gasteiger partial charge in [-0.1, -0.05) is 36.4 Å². The molecule has 2 aromatic heterocycles. The number of thiophene rings is 1. The van der Waals surface area contributed by atoms with Crippen LogP contribution in [0.1, 0.15) is 38.7 Å². The number of fused-ring (bicyclic) bond motifs is 2. The van der Waals surface area contributed by atoms with Crippen molar-refractivity contribution in [3.05, 3.63) is 106 Å². The third kappa shape index (κ3) is 3.40. The molecule has 30 heavy (non-hydrogen) atoms. The maximum atomic E-state index is 13.2. The third-order valence-electron chi connectivity index (χ3n) is 5.14. The van der Waals surface area contributed by atoms with E-state index in [2.05, 4.69) is 5.32 Å². The summed E-state index contributed by atoms with van der Waals surface area (Å²) in [5.41, 5.74) is 1.71. The second-order valence-electron chi connectivity index (χ2n) is 7.05. The Morgan fingerprint density at radius 3 is 2.33 bits per heavy atom. The van der Waals surface area contributed by atoms with Gasteiger partial charge >= 0.3 is 0 Å². The van der Waals surface area contributed by atoms with E-state index in [0.717, 1.165) is 20.9 Å². The van der Waals surface area contributed by atoms with Gasteiger partial charge in [0.25, 0.3) is 0 Å². The second-order valence-corrected chi connectivity index (χ2v) is 8.25. The molecule has 2 N–H and O–H groups in total. The van der Waals surface area contributed by atoms with Crippen molar-refractivity contribution in [1.82, 2.24) is 5.32 Å². The molecule has 0 spiro atoms. The Labute approximate surface area is 177 Å². The van der Waals surface area contributed by atoms with Crippen molar-refractivity contribution in [2.24, 2.45) is 0 Å². The summed E-state index contributed by atoms with van der Waals surface area (Å²) in [6.45, 7) is 0.385. The fourth-order valence-corrected chi connectivity index (χ4v) is 4.64. The van der Waals surface area contributed by atoms with Crippen molar-refractivity contribution in [2.75, 3.05) is 0 Å². The van der Waals surface area contributed by atoms with Crippen molar-refractivity contribution in [2.45, 2.75) is 18.6 Å². The van der Waals surface area contributed by atoms with E-state index < -0.39 is 12.0 Å². The van der Waals surface area contributed by atoms with Crippen molar-refractivity contribution in [1.29, 1.82) is 0 Å². The van der Waals surface area contributed by atoms with Gasteiger partial charge in [0.15, 0.2) is 0 Å². The number of aliphatic hydroxyl groups is 1. The van der Waals surface area contributed by atoms with E-state index in [1.807, 2.05) is 60.7 Å². The van der Waals surface area contributed by atoms with Gasteiger partial charge in [-0.25, -0.2) is 0 Å². The van der Waals surface area contributed by atoms with Crippen LogP contribution in [0.4, 0.5) is 0 Å². The van der Waals surface area contributed by atoms with Gasteiger partial charge in [-0.3, -0.25) is 4.79 Å². The van der Waals surface area contributed by atoms with Gasteiger partial charge in [-0.15, -0.1) is 11.3 Å². The molecule has 0 fully saturated rings. The van der Waals surface area contributed by atoms with Crippen LogP contribution in [0.25, 0.3) is 0 Å². The molecule has 0 unspecified atom stereocenters. The van der Waals surface area contributed by atoms with Crippen LogP contribution >= 0.6 is 11.3 Å². The average molecular weight is 417 g/mol. The van der Waals surface area contributed by atoms with E-state index in [-0.39, 0.29) is 5.91 Å². The van der Waals surface area contributed by atoms with Gasteiger partial charge in [-0.2, -0.15) is 0 Å². The molecule has 0 radical (unpaired) electrons. The Hall–Kier alpha value is -3.35. The Bertz CT molecular complexity index is 1140. The van der Waals surface area contributed by atoms with Crippen LogP contribution in [-0.2, 0) is 11.3 Å². The normalized spacial score (nSPS) is 13.8. The number of aliphatic hydroxyl groups excluding tert-OH is 1. The number of para-hydroxylation sites is 2. The van der Waals surface area contributed by atoms with Gasteiger partial charge < -0.3 is 19.6 Å². The molecule has 0 bridgehead atoms. The number of nitrogens with one attached hydrogen (secondary N) is 1. The monoisotopic (exact) mass is 417 g/mol. The lowest BCUT2D eigenvalue weighted by Crippen LogP contribution is -2.31. The molecule has 1 amide bonds. The summed E-state index contributed by atoms with van der Waals surface area (Å²) < 4.78 is 11.2. The molecule has 150 valence electrons. The first-order valence-electron chi connectivity index (χ1n) is 9.64. The molecular weight excluding hydrogens is 398 g/mol. The third-order valence-corrected chi connectivity index (χ3v) is 6.28. The SMILES string of the molecule is O=C(NCc1ccc([C@H](O)c2ccco2)s1)C1c2ccccc2Oc2ccccc21. The molecule has 4 aromatic rings. The summed E-state index contributed by atoms with van der Waals surface area (Å²) in [6.07, 6.45) is 0.736. The summed E-state index contributed by atoms with van der Waals surface area (Å²) in [4.78, 5) is 14.9. The van der Waals surface area contributed by atoms with Crippen molar-refractivity contribution in [3.63, 3.8) is 0 Å². The average Bonchev–Trinajstić information content (AvgIpc) is 3.48. The summed E-state index contributed by atoms with van der Waals surface area (Å²) in [7, 11) is 0. The molecule has 1 aliphatic heterocycles. The fraction of sp³-hybridized carbons (Fsp3) is 0.125. The Kier molecular flexibility index (Phi) is 4.86. The quantitative estimate of drug-likeness (QED) is 0.481. The predicted molar refractivity (Wildman–Crippen MR) is 114 cm³/mol.